The Labute approximate surface area is 137 Å². The largest absolute Gasteiger partial charge is 0.446 e. The second-order valence-corrected chi connectivity index (χ2v) is 6.06. The Morgan fingerprint density at radius 3 is 2.43 bits per heavy atom. The van der Waals surface area contributed by atoms with Gasteiger partial charge in [-0.05, 0) is 48.2 Å². The molecule has 0 bridgehead atoms. The highest BCUT2D eigenvalue weighted by molar-refractivity contribution is 8.00. The van der Waals surface area contributed by atoms with Crippen LogP contribution in [0.1, 0.15) is 0 Å². The molecule has 118 valence electrons. The molecule has 0 spiro atoms. The normalized spacial score (nSPS) is 11.8. The molecule has 0 aliphatic heterocycles. The number of benzene rings is 2. The van der Waals surface area contributed by atoms with E-state index in [-0.39, 0.29) is 33.0 Å². The van der Waals surface area contributed by atoms with Crippen molar-refractivity contribution in [3.63, 3.8) is 0 Å². The van der Waals surface area contributed by atoms with Crippen LogP contribution in [0.25, 0.3) is 22.4 Å². The number of rotatable bonds is 2. The average molecular weight is 358 g/mol. The van der Waals surface area contributed by atoms with Gasteiger partial charge in [-0.1, -0.05) is 17.7 Å². The molecule has 3 aromatic rings. The van der Waals surface area contributed by atoms with Gasteiger partial charge in [0.2, 0.25) is 5.89 Å². The van der Waals surface area contributed by atoms with Gasteiger partial charge in [0.15, 0.2) is 0 Å². The predicted octanol–water partition coefficient (Wildman–Crippen LogP) is 5.12. The molecule has 8 heteroatoms. The molecule has 0 saturated heterocycles. The van der Waals surface area contributed by atoms with E-state index in [4.69, 9.17) is 16.0 Å². The molecule has 0 amide bonds. The number of thioether (sulfide) groups is 1. The van der Waals surface area contributed by atoms with Crippen LogP contribution < -0.4 is 5.63 Å². The lowest BCUT2D eigenvalue weighted by atomic mass is 10.2. The van der Waals surface area contributed by atoms with Crippen molar-refractivity contribution in [2.75, 3.05) is 0 Å². The van der Waals surface area contributed by atoms with Crippen molar-refractivity contribution < 1.29 is 17.6 Å². The maximum atomic E-state index is 12.3. The molecule has 0 fully saturated rings. The van der Waals surface area contributed by atoms with Crippen LogP contribution in [0.4, 0.5) is 13.2 Å². The molecule has 0 N–H and O–H groups in total. The minimum Gasteiger partial charge on any atom is -0.403 e. The lowest BCUT2D eigenvalue weighted by Crippen LogP contribution is -2.03. The van der Waals surface area contributed by atoms with Crippen molar-refractivity contribution in [1.82, 2.24) is 4.98 Å². The van der Waals surface area contributed by atoms with E-state index in [0.717, 1.165) is 0 Å². The zero-order chi connectivity index (χ0) is 16.6. The molecule has 2 aromatic carbocycles. The molecular formula is C15H7ClF3NO2S. The molecule has 1 heterocycles. The number of fused-ring (bicyclic) bond motifs is 1. The molecule has 23 heavy (non-hydrogen) atoms. The monoisotopic (exact) mass is 357 g/mol. The van der Waals surface area contributed by atoms with Gasteiger partial charge in [0, 0.05) is 10.5 Å². The van der Waals surface area contributed by atoms with Crippen LogP contribution in [-0.2, 0) is 0 Å². The van der Waals surface area contributed by atoms with Crippen LogP contribution in [0.2, 0.25) is 5.02 Å². The van der Waals surface area contributed by atoms with Gasteiger partial charge in [0.25, 0.3) is 0 Å². The van der Waals surface area contributed by atoms with Gasteiger partial charge in [-0.3, -0.25) is 0 Å². The van der Waals surface area contributed by atoms with E-state index in [2.05, 4.69) is 4.98 Å². The lowest BCUT2D eigenvalue weighted by molar-refractivity contribution is -0.0328. The smallest absolute Gasteiger partial charge is 0.403 e. The first-order valence-electron chi connectivity index (χ1n) is 6.29. The molecule has 1 aromatic heterocycles. The zero-order valence-corrected chi connectivity index (χ0v) is 12.8. The molecule has 0 saturated carbocycles. The highest BCUT2D eigenvalue weighted by Gasteiger charge is 2.29. The Bertz CT molecular complexity index is 923. The Morgan fingerprint density at radius 2 is 1.78 bits per heavy atom. The standard InChI is InChI=1S/C15H7ClF3NO2S/c16-10-2-1-3-11-12(10)14(21)22-13(20-11)8-4-6-9(7-5-8)23-15(17,18)19/h1-7H. The summed E-state index contributed by atoms with van der Waals surface area (Å²) in [6.07, 6.45) is 0. The molecule has 3 rings (SSSR count). The summed E-state index contributed by atoms with van der Waals surface area (Å²) >= 11 is 5.72. The second-order valence-electron chi connectivity index (χ2n) is 4.51. The quantitative estimate of drug-likeness (QED) is 0.597. The summed E-state index contributed by atoms with van der Waals surface area (Å²) in [5.41, 5.74) is -4.25. The lowest BCUT2D eigenvalue weighted by Gasteiger charge is -2.06. The van der Waals surface area contributed by atoms with Crippen molar-refractivity contribution in [3.05, 3.63) is 57.9 Å². The Balaban J connectivity index is 2.02. The predicted molar refractivity (Wildman–Crippen MR) is 82.6 cm³/mol. The number of alkyl halides is 3. The summed E-state index contributed by atoms with van der Waals surface area (Å²) in [6.45, 7) is 0. The number of aromatic nitrogens is 1. The summed E-state index contributed by atoms with van der Waals surface area (Å²) in [4.78, 5) is 16.2. The van der Waals surface area contributed by atoms with Crippen LogP contribution in [0.3, 0.4) is 0 Å². The molecule has 0 aliphatic carbocycles. The van der Waals surface area contributed by atoms with Gasteiger partial charge in [0.1, 0.15) is 5.39 Å². The first-order valence-corrected chi connectivity index (χ1v) is 7.48. The van der Waals surface area contributed by atoms with Crippen LogP contribution in [-0.4, -0.2) is 10.5 Å². The maximum Gasteiger partial charge on any atom is 0.446 e. The number of halogens is 4. The van der Waals surface area contributed by atoms with E-state index in [1.165, 1.54) is 24.3 Å². The zero-order valence-electron chi connectivity index (χ0n) is 11.2. The van der Waals surface area contributed by atoms with Crippen molar-refractivity contribution in [2.45, 2.75) is 10.4 Å². The van der Waals surface area contributed by atoms with Gasteiger partial charge in [0.05, 0.1) is 10.5 Å². The fourth-order valence-electron chi connectivity index (χ4n) is 2.00. The SMILES string of the molecule is O=c1oc(-c2ccc(SC(F)(F)F)cc2)nc2cccc(Cl)c12. The minimum atomic E-state index is -4.36. The van der Waals surface area contributed by atoms with E-state index in [1.807, 2.05) is 0 Å². The fourth-order valence-corrected chi connectivity index (χ4v) is 2.79. The molecule has 0 atom stereocenters. The maximum absolute atomic E-state index is 12.3. The molecule has 3 nitrogen and oxygen atoms in total. The van der Waals surface area contributed by atoms with Crippen molar-refractivity contribution >= 4 is 34.3 Å². The molecule has 0 unspecified atom stereocenters. The van der Waals surface area contributed by atoms with Gasteiger partial charge in [-0.15, -0.1) is 0 Å². The van der Waals surface area contributed by atoms with Gasteiger partial charge in [-0.25, -0.2) is 9.78 Å². The van der Waals surface area contributed by atoms with Crippen molar-refractivity contribution in [3.8, 4) is 11.5 Å². The van der Waals surface area contributed by atoms with E-state index in [9.17, 15) is 18.0 Å². The fraction of sp³-hybridized carbons (Fsp3) is 0.0667. The number of hydrogen-bond donors (Lipinski definition) is 0. The third-order valence-corrected chi connectivity index (χ3v) is 4.00. The van der Waals surface area contributed by atoms with E-state index < -0.39 is 11.1 Å². The van der Waals surface area contributed by atoms with Crippen LogP contribution in [0.15, 0.2) is 56.6 Å². The third kappa shape index (κ3) is 3.51. The summed E-state index contributed by atoms with van der Waals surface area (Å²) in [7, 11) is 0. The molecule has 0 radical (unpaired) electrons. The second kappa shape index (κ2) is 5.90. The molecular weight excluding hydrogens is 351 g/mol. The van der Waals surface area contributed by atoms with E-state index in [0.29, 0.717) is 11.1 Å². The van der Waals surface area contributed by atoms with Crippen molar-refractivity contribution in [1.29, 1.82) is 0 Å². The van der Waals surface area contributed by atoms with Gasteiger partial charge >= 0.3 is 11.1 Å². The van der Waals surface area contributed by atoms with Crippen LogP contribution in [0.5, 0.6) is 0 Å². The van der Waals surface area contributed by atoms with E-state index in [1.54, 1.807) is 18.2 Å². The Morgan fingerprint density at radius 1 is 1.09 bits per heavy atom. The number of hydrogen-bond acceptors (Lipinski definition) is 4. The molecule has 0 aliphatic rings. The van der Waals surface area contributed by atoms with Crippen molar-refractivity contribution in [2.24, 2.45) is 0 Å². The van der Waals surface area contributed by atoms with Gasteiger partial charge in [-0.2, -0.15) is 13.2 Å². The highest BCUT2D eigenvalue weighted by Crippen LogP contribution is 2.37. The first-order chi connectivity index (χ1) is 10.8. The minimum absolute atomic E-state index is 0.0216. The average Bonchev–Trinajstić information content (AvgIpc) is 2.46. The topological polar surface area (TPSA) is 43.1 Å². The summed E-state index contributed by atoms with van der Waals surface area (Å²) in [6, 6.07) is 10.2. The first kappa shape index (κ1) is 15.9. The van der Waals surface area contributed by atoms with Gasteiger partial charge < -0.3 is 4.42 Å². The van der Waals surface area contributed by atoms with E-state index >= 15 is 0 Å². The van der Waals surface area contributed by atoms with Crippen LogP contribution >= 0.6 is 23.4 Å². The highest BCUT2D eigenvalue weighted by atomic mass is 35.5. The Kier molecular flexibility index (Phi) is 4.08. The summed E-state index contributed by atoms with van der Waals surface area (Å²) < 4.78 is 42.0. The summed E-state index contributed by atoms with van der Waals surface area (Å²) in [5, 5.41) is 0.398. The number of nitrogens with zero attached hydrogens (tertiary/aromatic N) is 1. The Hall–Kier alpha value is -1.99. The van der Waals surface area contributed by atoms with Crippen LogP contribution in [0, 0.1) is 0 Å². The summed E-state index contributed by atoms with van der Waals surface area (Å²) in [5.74, 6) is 0.0216. The third-order valence-electron chi connectivity index (χ3n) is 2.94.